The van der Waals surface area contributed by atoms with Crippen LogP contribution in [0.5, 0.6) is 0 Å². The van der Waals surface area contributed by atoms with E-state index in [0.717, 1.165) is 37.7 Å². The second-order valence-corrected chi connectivity index (χ2v) is 10.0. The monoisotopic (exact) mass is 480 g/mol. The van der Waals surface area contributed by atoms with Gasteiger partial charge < -0.3 is 14.2 Å². The number of benzene rings is 1. The number of rotatable bonds is 10. The van der Waals surface area contributed by atoms with Crippen LogP contribution in [0.3, 0.4) is 0 Å². The molecule has 1 spiro atoms. The van der Waals surface area contributed by atoms with Crippen LogP contribution in [-0.4, -0.2) is 45.1 Å². The lowest BCUT2D eigenvalue weighted by molar-refractivity contribution is -0.317. The number of ether oxygens (including phenoxy) is 3. The third kappa shape index (κ3) is 7.41. The standard InChI is InChI=1S/C22H31F3O6S/c23-22(24,25)32(26,27)29-17-20-12-7-14-21(31-20)13-6-11-19(30-21)10-4-5-15-28-16-18-8-2-1-3-9-18/h1-3,8-9,19-20H,4-7,10-17H2/t19-,20+,21+/m1/s1. The van der Waals surface area contributed by atoms with E-state index in [9.17, 15) is 21.6 Å². The van der Waals surface area contributed by atoms with Gasteiger partial charge >= 0.3 is 15.6 Å². The first kappa shape index (κ1) is 25.4. The highest BCUT2D eigenvalue weighted by molar-refractivity contribution is 7.87. The van der Waals surface area contributed by atoms with Gasteiger partial charge in [-0.25, -0.2) is 0 Å². The summed E-state index contributed by atoms with van der Waals surface area (Å²) in [6.45, 7) is 0.595. The smallest absolute Gasteiger partial charge is 0.377 e. The number of alkyl halides is 3. The van der Waals surface area contributed by atoms with Crippen LogP contribution in [0, 0.1) is 0 Å². The molecule has 10 heteroatoms. The molecule has 182 valence electrons. The predicted octanol–water partition coefficient (Wildman–Crippen LogP) is 5.07. The highest BCUT2D eigenvalue weighted by Gasteiger charge is 2.48. The van der Waals surface area contributed by atoms with Gasteiger partial charge in [-0.2, -0.15) is 21.6 Å². The van der Waals surface area contributed by atoms with Crippen LogP contribution in [0.15, 0.2) is 30.3 Å². The van der Waals surface area contributed by atoms with E-state index in [1.807, 2.05) is 30.3 Å². The van der Waals surface area contributed by atoms with Crippen molar-refractivity contribution in [3.05, 3.63) is 35.9 Å². The fourth-order valence-electron chi connectivity index (χ4n) is 4.21. The molecule has 0 N–H and O–H groups in total. The molecule has 0 unspecified atom stereocenters. The van der Waals surface area contributed by atoms with E-state index in [-0.39, 0.29) is 6.10 Å². The number of hydrogen-bond donors (Lipinski definition) is 0. The van der Waals surface area contributed by atoms with Gasteiger partial charge in [0.25, 0.3) is 0 Å². The van der Waals surface area contributed by atoms with Crippen LogP contribution < -0.4 is 0 Å². The lowest BCUT2D eigenvalue weighted by atomic mass is 9.91. The number of hydrogen-bond acceptors (Lipinski definition) is 6. The average Bonchev–Trinajstić information content (AvgIpc) is 2.75. The summed E-state index contributed by atoms with van der Waals surface area (Å²) in [7, 11) is -5.62. The molecule has 0 aliphatic carbocycles. The lowest BCUT2D eigenvalue weighted by Gasteiger charge is -2.46. The molecule has 32 heavy (non-hydrogen) atoms. The van der Waals surface area contributed by atoms with Crippen molar-refractivity contribution in [3.63, 3.8) is 0 Å². The summed E-state index contributed by atoms with van der Waals surface area (Å²) in [6, 6.07) is 9.98. The highest BCUT2D eigenvalue weighted by Crippen LogP contribution is 2.40. The zero-order valence-electron chi connectivity index (χ0n) is 18.0. The first-order chi connectivity index (χ1) is 15.2. The van der Waals surface area contributed by atoms with Crippen molar-refractivity contribution in [2.75, 3.05) is 13.2 Å². The highest BCUT2D eigenvalue weighted by atomic mass is 32.2. The van der Waals surface area contributed by atoms with Crippen LogP contribution in [0.1, 0.15) is 63.4 Å². The van der Waals surface area contributed by atoms with Gasteiger partial charge in [-0.05, 0) is 50.5 Å². The van der Waals surface area contributed by atoms with Crippen molar-refractivity contribution < 1.29 is 40.0 Å². The minimum Gasteiger partial charge on any atom is -0.377 e. The molecule has 2 saturated heterocycles. The Bertz CT molecular complexity index is 798. The van der Waals surface area contributed by atoms with Gasteiger partial charge in [-0.1, -0.05) is 30.3 Å². The van der Waals surface area contributed by atoms with Gasteiger partial charge in [0.15, 0.2) is 5.79 Å². The Morgan fingerprint density at radius 1 is 1.00 bits per heavy atom. The normalized spacial score (nSPS) is 27.0. The summed E-state index contributed by atoms with van der Waals surface area (Å²) in [5, 5.41) is 0. The van der Waals surface area contributed by atoms with E-state index in [0.29, 0.717) is 38.9 Å². The molecule has 0 amide bonds. The van der Waals surface area contributed by atoms with Gasteiger partial charge in [0.05, 0.1) is 25.4 Å². The van der Waals surface area contributed by atoms with Crippen molar-refractivity contribution in [2.24, 2.45) is 0 Å². The third-order valence-corrected chi connectivity index (χ3v) is 6.81. The van der Waals surface area contributed by atoms with Crippen molar-refractivity contribution >= 4 is 10.1 Å². The summed E-state index contributed by atoms with van der Waals surface area (Å²) in [5.41, 5.74) is -4.29. The second-order valence-electron chi connectivity index (χ2n) is 8.39. The Morgan fingerprint density at radius 3 is 2.34 bits per heavy atom. The molecule has 6 nitrogen and oxygen atoms in total. The Kier molecular flexibility index (Phi) is 8.97. The van der Waals surface area contributed by atoms with Gasteiger partial charge in [-0.3, -0.25) is 4.18 Å². The molecule has 1 aromatic carbocycles. The number of unbranched alkanes of at least 4 members (excludes halogenated alkanes) is 1. The summed E-state index contributed by atoms with van der Waals surface area (Å²) in [6.07, 6.45) is 6.16. The Labute approximate surface area is 187 Å². The minimum atomic E-state index is -5.62. The molecule has 0 saturated carbocycles. The maximum absolute atomic E-state index is 12.5. The fourth-order valence-corrected chi connectivity index (χ4v) is 4.67. The molecule has 2 aliphatic rings. The fraction of sp³-hybridized carbons (Fsp3) is 0.727. The van der Waals surface area contributed by atoms with Crippen molar-refractivity contribution in [1.82, 2.24) is 0 Å². The zero-order chi connectivity index (χ0) is 23.1. The van der Waals surface area contributed by atoms with Crippen LogP contribution in [0.25, 0.3) is 0 Å². The van der Waals surface area contributed by atoms with Crippen molar-refractivity contribution in [1.29, 1.82) is 0 Å². The van der Waals surface area contributed by atoms with Gasteiger partial charge in [-0.15, -0.1) is 0 Å². The minimum absolute atomic E-state index is 0.0106. The maximum atomic E-state index is 12.5. The summed E-state index contributed by atoms with van der Waals surface area (Å²) in [5.74, 6) is -0.860. The van der Waals surface area contributed by atoms with Crippen molar-refractivity contribution in [3.8, 4) is 0 Å². The van der Waals surface area contributed by atoms with Crippen LogP contribution >= 0.6 is 0 Å². The van der Waals surface area contributed by atoms with E-state index < -0.39 is 34.1 Å². The maximum Gasteiger partial charge on any atom is 0.523 e. The third-order valence-electron chi connectivity index (χ3n) is 5.80. The SMILES string of the molecule is O=S(=O)(OC[C@@H]1CCC[C@]2(CCC[C@@H](CCCCOCc3ccccc3)O2)O1)C(F)(F)F. The Morgan fingerprint density at radius 2 is 1.66 bits per heavy atom. The molecule has 0 aromatic heterocycles. The van der Waals surface area contributed by atoms with Crippen LogP contribution in [0.2, 0.25) is 0 Å². The molecular formula is C22H31F3O6S. The van der Waals surface area contributed by atoms with E-state index in [2.05, 4.69) is 4.18 Å². The molecule has 0 bridgehead atoms. The molecule has 3 rings (SSSR count). The first-order valence-corrected chi connectivity index (χ1v) is 12.5. The molecule has 2 heterocycles. The van der Waals surface area contributed by atoms with E-state index in [4.69, 9.17) is 14.2 Å². The molecule has 3 atom stereocenters. The second kappa shape index (κ2) is 11.3. The first-order valence-electron chi connectivity index (χ1n) is 11.1. The molecule has 2 aliphatic heterocycles. The van der Waals surface area contributed by atoms with Gasteiger partial charge in [0.2, 0.25) is 0 Å². The Hall–Kier alpha value is -1.20. The quantitative estimate of drug-likeness (QED) is 0.264. The largest absolute Gasteiger partial charge is 0.523 e. The van der Waals surface area contributed by atoms with E-state index >= 15 is 0 Å². The Balaban J connectivity index is 1.38. The number of halogens is 3. The van der Waals surface area contributed by atoms with Crippen LogP contribution in [0.4, 0.5) is 13.2 Å². The van der Waals surface area contributed by atoms with Crippen molar-refractivity contribution in [2.45, 2.75) is 87.9 Å². The van der Waals surface area contributed by atoms with Gasteiger partial charge in [0.1, 0.15) is 0 Å². The molecule has 0 radical (unpaired) electrons. The van der Waals surface area contributed by atoms with Gasteiger partial charge in [0, 0.05) is 19.4 Å². The topological polar surface area (TPSA) is 71.1 Å². The zero-order valence-corrected chi connectivity index (χ0v) is 18.8. The lowest BCUT2D eigenvalue weighted by Crippen LogP contribution is -2.49. The summed E-state index contributed by atoms with van der Waals surface area (Å²) >= 11 is 0. The van der Waals surface area contributed by atoms with E-state index in [1.165, 1.54) is 0 Å². The van der Waals surface area contributed by atoms with E-state index in [1.54, 1.807) is 0 Å². The molecule has 1 aromatic rings. The molecular weight excluding hydrogens is 449 g/mol. The predicted molar refractivity (Wildman–Crippen MR) is 111 cm³/mol. The average molecular weight is 481 g/mol. The molecule has 2 fully saturated rings. The summed E-state index contributed by atoms with van der Waals surface area (Å²) < 4.78 is 81.8. The summed E-state index contributed by atoms with van der Waals surface area (Å²) in [4.78, 5) is 0. The van der Waals surface area contributed by atoms with Crippen LogP contribution in [-0.2, 0) is 35.1 Å².